The van der Waals surface area contributed by atoms with Gasteiger partial charge in [-0.15, -0.1) is 0 Å². The molecule has 3 aromatic rings. The molecule has 6 nitrogen and oxygen atoms in total. The smallest absolute Gasteiger partial charge is 0.317 e. The number of hydrogen-bond donors (Lipinski definition) is 1. The van der Waals surface area contributed by atoms with Crippen molar-refractivity contribution in [2.75, 3.05) is 20.8 Å². The molecule has 3 aromatic carbocycles. The number of phenolic OH excluding ortho intramolecular Hbond substituents is 1. The Morgan fingerprint density at radius 3 is 2.55 bits per heavy atom. The van der Waals surface area contributed by atoms with E-state index in [4.69, 9.17) is 14.2 Å². The maximum absolute atomic E-state index is 13.3. The molecule has 0 aliphatic heterocycles. The van der Waals surface area contributed by atoms with Crippen LogP contribution in [0, 0.1) is 5.92 Å². The van der Waals surface area contributed by atoms with Crippen molar-refractivity contribution in [1.29, 1.82) is 0 Å². The zero-order chi connectivity index (χ0) is 23.5. The van der Waals surface area contributed by atoms with E-state index in [0.29, 0.717) is 29.1 Å². The fourth-order valence-corrected chi connectivity index (χ4v) is 4.60. The molecule has 0 bridgehead atoms. The highest BCUT2D eigenvalue weighted by atomic mass is 16.5. The Morgan fingerprint density at radius 1 is 1.06 bits per heavy atom. The lowest BCUT2D eigenvalue weighted by molar-refractivity contribution is -0.151. The number of fused-ring (bicyclic) bond motifs is 1. The van der Waals surface area contributed by atoms with Crippen molar-refractivity contribution in [2.45, 2.75) is 19.3 Å². The minimum Gasteiger partial charge on any atom is -0.507 e. The first-order chi connectivity index (χ1) is 16.0. The zero-order valence-electron chi connectivity index (χ0n) is 18.8. The van der Waals surface area contributed by atoms with Crippen molar-refractivity contribution in [2.24, 2.45) is 5.92 Å². The van der Waals surface area contributed by atoms with Gasteiger partial charge in [0.05, 0.1) is 26.4 Å². The highest BCUT2D eigenvalue weighted by Gasteiger charge is 2.41. The SMILES string of the molecule is CCOC(=O)C1C(=O)C=C(c2c(O)cc(OC)cc2OC)CC1c1cccc2ccccc12. The number of carbonyl (C=O) groups is 2. The summed E-state index contributed by atoms with van der Waals surface area (Å²) in [5.41, 5.74) is 1.90. The number of methoxy groups -OCH3 is 2. The summed E-state index contributed by atoms with van der Waals surface area (Å²) in [7, 11) is 2.99. The van der Waals surface area contributed by atoms with Gasteiger partial charge in [-0.05, 0) is 41.3 Å². The largest absolute Gasteiger partial charge is 0.507 e. The van der Waals surface area contributed by atoms with Crippen molar-refractivity contribution < 1.29 is 28.9 Å². The molecular formula is C27H26O6. The molecule has 0 aromatic heterocycles. The Balaban J connectivity index is 1.88. The van der Waals surface area contributed by atoms with Crippen LogP contribution in [-0.2, 0) is 14.3 Å². The predicted molar refractivity (Wildman–Crippen MR) is 126 cm³/mol. The molecule has 0 radical (unpaired) electrons. The zero-order valence-corrected chi connectivity index (χ0v) is 18.8. The topological polar surface area (TPSA) is 82.1 Å². The molecule has 0 amide bonds. The average Bonchev–Trinajstić information content (AvgIpc) is 2.82. The molecule has 1 N–H and O–H groups in total. The highest BCUT2D eigenvalue weighted by Crippen LogP contribution is 2.47. The third-order valence-electron chi connectivity index (χ3n) is 6.06. The summed E-state index contributed by atoms with van der Waals surface area (Å²) in [4.78, 5) is 26.2. The van der Waals surface area contributed by atoms with Gasteiger partial charge in [-0.3, -0.25) is 9.59 Å². The number of hydrogen-bond acceptors (Lipinski definition) is 6. The molecule has 33 heavy (non-hydrogen) atoms. The van der Waals surface area contributed by atoms with Crippen LogP contribution in [0.5, 0.6) is 17.2 Å². The molecule has 2 atom stereocenters. The molecule has 6 heteroatoms. The Kier molecular flexibility index (Phi) is 6.36. The van der Waals surface area contributed by atoms with Gasteiger partial charge in [-0.2, -0.15) is 0 Å². The van der Waals surface area contributed by atoms with Crippen molar-refractivity contribution in [1.82, 2.24) is 0 Å². The van der Waals surface area contributed by atoms with E-state index in [1.165, 1.54) is 26.4 Å². The molecule has 0 fully saturated rings. The fraction of sp³-hybridized carbons (Fsp3) is 0.259. The minimum atomic E-state index is -0.967. The quantitative estimate of drug-likeness (QED) is 0.429. The molecule has 2 unspecified atom stereocenters. The van der Waals surface area contributed by atoms with Crippen LogP contribution in [-0.4, -0.2) is 37.7 Å². The molecule has 170 valence electrons. The summed E-state index contributed by atoms with van der Waals surface area (Å²) in [5, 5.41) is 12.7. The number of allylic oxidation sites excluding steroid dienone is 2. The second-order valence-corrected chi connectivity index (χ2v) is 7.90. The lowest BCUT2D eigenvalue weighted by Gasteiger charge is -2.31. The number of aromatic hydroxyl groups is 1. The van der Waals surface area contributed by atoms with E-state index in [1.54, 1.807) is 13.0 Å². The van der Waals surface area contributed by atoms with E-state index >= 15 is 0 Å². The standard InChI is InChI=1S/C27H26O6/c1-4-33-27(30)26-21(20-11-7-9-16-8-5-6-10-19(16)20)12-17(13-22(26)28)25-23(29)14-18(31-2)15-24(25)32-3/h5-11,13-15,21,26,29H,4,12H2,1-3H3. The number of rotatable bonds is 6. The molecular weight excluding hydrogens is 420 g/mol. The van der Waals surface area contributed by atoms with Crippen molar-refractivity contribution in [3.8, 4) is 17.2 Å². The van der Waals surface area contributed by atoms with Crippen molar-refractivity contribution >= 4 is 28.1 Å². The molecule has 1 aliphatic rings. The van der Waals surface area contributed by atoms with Crippen LogP contribution in [0.4, 0.5) is 0 Å². The first kappa shape index (κ1) is 22.4. The van der Waals surface area contributed by atoms with Gasteiger partial charge in [-0.1, -0.05) is 42.5 Å². The van der Waals surface area contributed by atoms with Crippen LogP contribution in [0.15, 0.2) is 60.7 Å². The van der Waals surface area contributed by atoms with Gasteiger partial charge in [0.15, 0.2) is 5.78 Å². The van der Waals surface area contributed by atoms with E-state index in [1.807, 2.05) is 42.5 Å². The van der Waals surface area contributed by atoms with Gasteiger partial charge in [-0.25, -0.2) is 0 Å². The third-order valence-corrected chi connectivity index (χ3v) is 6.06. The van der Waals surface area contributed by atoms with Gasteiger partial charge >= 0.3 is 5.97 Å². The van der Waals surface area contributed by atoms with Crippen molar-refractivity contribution in [3.63, 3.8) is 0 Å². The van der Waals surface area contributed by atoms with Gasteiger partial charge in [0.25, 0.3) is 0 Å². The first-order valence-electron chi connectivity index (χ1n) is 10.8. The lowest BCUT2D eigenvalue weighted by atomic mass is 9.72. The highest BCUT2D eigenvalue weighted by molar-refractivity contribution is 6.11. The van der Waals surface area contributed by atoms with Crippen LogP contribution in [0.3, 0.4) is 0 Å². The Morgan fingerprint density at radius 2 is 1.82 bits per heavy atom. The summed E-state index contributed by atoms with van der Waals surface area (Å²) >= 11 is 0. The van der Waals surface area contributed by atoms with E-state index in [0.717, 1.165) is 16.3 Å². The van der Waals surface area contributed by atoms with Crippen LogP contribution < -0.4 is 9.47 Å². The molecule has 0 heterocycles. The number of phenols is 1. The number of ketones is 1. The second-order valence-electron chi connectivity index (χ2n) is 7.90. The number of ether oxygens (including phenoxy) is 3. The van der Waals surface area contributed by atoms with E-state index < -0.39 is 17.8 Å². The fourth-order valence-electron chi connectivity index (χ4n) is 4.60. The molecule has 0 saturated heterocycles. The van der Waals surface area contributed by atoms with Crippen LogP contribution >= 0.6 is 0 Å². The van der Waals surface area contributed by atoms with E-state index in [9.17, 15) is 14.7 Å². The summed E-state index contributed by atoms with van der Waals surface area (Å²) in [5.74, 6) is -1.56. The van der Waals surface area contributed by atoms with Gasteiger partial charge in [0, 0.05) is 18.1 Å². The molecule has 0 saturated carbocycles. The molecule has 1 aliphatic carbocycles. The van der Waals surface area contributed by atoms with Crippen LogP contribution in [0.25, 0.3) is 16.3 Å². The number of esters is 1. The summed E-state index contributed by atoms with van der Waals surface area (Å²) in [6.45, 7) is 1.91. The molecule has 0 spiro atoms. The minimum absolute atomic E-state index is 0.0588. The lowest BCUT2D eigenvalue weighted by Crippen LogP contribution is -2.34. The summed E-state index contributed by atoms with van der Waals surface area (Å²) in [6.07, 6.45) is 1.77. The van der Waals surface area contributed by atoms with Gasteiger partial charge in [0.2, 0.25) is 0 Å². The molecule has 4 rings (SSSR count). The van der Waals surface area contributed by atoms with Gasteiger partial charge in [0.1, 0.15) is 23.2 Å². The van der Waals surface area contributed by atoms with Gasteiger partial charge < -0.3 is 19.3 Å². The summed E-state index contributed by atoms with van der Waals surface area (Å²) < 4.78 is 16.0. The van der Waals surface area contributed by atoms with Crippen molar-refractivity contribution in [3.05, 3.63) is 71.8 Å². The van der Waals surface area contributed by atoms with Crippen LogP contribution in [0.1, 0.15) is 30.4 Å². The monoisotopic (exact) mass is 446 g/mol. The second kappa shape index (κ2) is 9.36. The summed E-state index contributed by atoms with van der Waals surface area (Å²) in [6, 6.07) is 16.9. The van der Waals surface area contributed by atoms with E-state index in [-0.39, 0.29) is 18.1 Å². The Bertz CT molecular complexity index is 1240. The number of benzene rings is 3. The predicted octanol–water partition coefficient (Wildman–Crippen LogP) is 4.88. The Labute approximate surface area is 192 Å². The Hall–Kier alpha value is -3.80. The third kappa shape index (κ3) is 4.16. The number of carbonyl (C=O) groups excluding carboxylic acids is 2. The average molecular weight is 446 g/mol. The first-order valence-corrected chi connectivity index (χ1v) is 10.8. The maximum Gasteiger partial charge on any atom is 0.317 e. The maximum atomic E-state index is 13.3. The van der Waals surface area contributed by atoms with E-state index in [2.05, 4.69) is 0 Å². The van der Waals surface area contributed by atoms with Crippen LogP contribution in [0.2, 0.25) is 0 Å². The normalized spacial score (nSPS) is 18.0.